The highest BCUT2D eigenvalue weighted by atomic mass is 15.0. The minimum Gasteiger partial charge on any atom is -0.240 e. The molecule has 1 heterocycles. The summed E-state index contributed by atoms with van der Waals surface area (Å²) in [5, 5.41) is 0. The molecule has 0 radical (unpaired) electrons. The third-order valence-corrected chi connectivity index (χ3v) is 1.27. The maximum atomic E-state index is 4.16. The second kappa shape index (κ2) is 2.58. The quantitative estimate of drug-likeness (QED) is 0.496. The molecule has 0 bridgehead atoms. The zero-order valence-corrected chi connectivity index (χ0v) is 5.83. The first-order valence-electron chi connectivity index (χ1n) is 3.13. The van der Waals surface area contributed by atoms with E-state index in [1.54, 1.807) is 0 Å². The summed E-state index contributed by atoms with van der Waals surface area (Å²) in [5.74, 6) is 0. The molecule has 0 fully saturated rings. The average molecular weight is 123 g/mol. The molecule has 0 unspecified atom stereocenters. The van der Waals surface area contributed by atoms with Crippen LogP contribution >= 0.6 is 0 Å². The van der Waals surface area contributed by atoms with Crippen molar-refractivity contribution in [2.45, 2.75) is 13.3 Å². The van der Waals surface area contributed by atoms with Crippen molar-refractivity contribution in [2.24, 2.45) is 7.05 Å². The summed E-state index contributed by atoms with van der Waals surface area (Å²) < 4.78 is 1.93. The summed E-state index contributed by atoms with van der Waals surface area (Å²) in [6.45, 7) is 2.10. The molecule has 2 heteroatoms. The minimum absolute atomic E-state index is 1.01. The van der Waals surface area contributed by atoms with Crippen LogP contribution in [-0.4, -0.2) is 4.98 Å². The van der Waals surface area contributed by atoms with Crippen molar-refractivity contribution in [3.63, 3.8) is 0 Å². The molecule has 0 saturated heterocycles. The maximum Gasteiger partial charge on any atom is 0.286 e. The molecule has 2 nitrogen and oxygen atoms in total. The van der Waals surface area contributed by atoms with E-state index in [1.165, 1.54) is 0 Å². The largest absolute Gasteiger partial charge is 0.286 e. The third-order valence-electron chi connectivity index (χ3n) is 1.27. The Labute approximate surface area is 55.2 Å². The van der Waals surface area contributed by atoms with Crippen LogP contribution in [0.3, 0.4) is 0 Å². The lowest BCUT2D eigenvalue weighted by atomic mass is 10.3. The molecule has 0 aliphatic heterocycles. The van der Waals surface area contributed by atoms with E-state index in [4.69, 9.17) is 0 Å². The fourth-order valence-electron chi connectivity index (χ4n) is 0.659. The van der Waals surface area contributed by atoms with E-state index in [2.05, 4.69) is 11.9 Å². The highest BCUT2D eigenvalue weighted by Crippen LogP contribution is 1.87. The van der Waals surface area contributed by atoms with Crippen LogP contribution in [0.25, 0.3) is 0 Å². The molecule has 0 amide bonds. The zero-order valence-electron chi connectivity index (χ0n) is 5.83. The van der Waals surface area contributed by atoms with E-state index in [-0.39, 0.29) is 0 Å². The van der Waals surface area contributed by atoms with Gasteiger partial charge in [0, 0.05) is 12.5 Å². The van der Waals surface area contributed by atoms with E-state index >= 15 is 0 Å². The van der Waals surface area contributed by atoms with E-state index in [0.29, 0.717) is 0 Å². The number of nitrogens with zero attached hydrogens (tertiary/aromatic N) is 2. The van der Waals surface area contributed by atoms with Gasteiger partial charge >= 0.3 is 0 Å². The Hall–Kier alpha value is -0.920. The van der Waals surface area contributed by atoms with Crippen molar-refractivity contribution in [3.05, 3.63) is 24.3 Å². The van der Waals surface area contributed by atoms with E-state index in [0.717, 1.165) is 12.1 Å². The van der Waals surface area contributed by atoms with Gasteiger partial charge in [0.1, 0.15) is 0 Å². The van der Waals surface area contributed by atoms with Crippen LogP contribution in [-0.2, 0) is 13.5 Å². The van der Waals surface area contributed by atoms with Gasteiger partial charge in [0.25, 0.3) is 6.33 Å². The molecule has 0 aromatic carbocycles. The van der Waals surface area contributed by atoms with Gasteiger partial charge in [-0.2, -0.15) is 0 Å². The molecule has 0 N–H and O–H groups in total. The number of aryl methyl sites for hydroxylation is 2. The van der Waals surface area contributed by atoms with E-state index in [9.17, 15) is 0 Å². The lowest BCUT2D eigenvalue weighted by molar-refractivity contribution is -0.674. The van der Waals surface area contributed by atoms with Crippen molar-refractivity contribution in [3.8, 4) is 0 Å². The molecule has 9 heavy (non-hydrogen) atoms. The van der Waals surface area contributed by atoms with Crippen molar-refractivity contribution in [2.75, 3.05) is 0 Å². The number of hydrogen-bond donors (Lipinski definition) is 0. The molecule has 48 valence electrons. The highest BCUT2D eigenvalue weighted by molar-refractivity contribution is 4.93. The van der Waals surface area contributed by atoms with Crippen molar-refractivity contribution in [1.82, 2.24) is 4.98 Å². The van der Waals surface area contributed by atoms with Crippen molar-refractivity contribution >= 4 is 0 Å². The molecular formula is C7H11N2+. The summed E-state index contributed by atoms with van der Waals surface area (Å²) >= 11 is 0. The normalized spacial score (nSPS) is 9.56. The Morgan fingerprint density at radius 3 is 2.89 bits per heavy atom. The average Bonchev–Trinajstić information content (AvgIpc) is 1.90. The van der Waals surface area contributed by atoms with Crippen LogP contribution in [0.15, 0.2) is 18.6 Å². The molecule has 1 aromatic rings. The van der Waals surface area contributed by atoms with Gasteiger partial charge in [-0.3, -0.25) is 0 Å². The second-order valence-corrected chi connectivity index (χ2v) is 2.07. The minimum atomic E-state index is 1.01. The Bertz CT molecular complexity index is 179. The van der Waals surface area contributed by atoms with Gasteiger partial charge in [-0.1, -0.05) is 11.9 Å². The molecule has 0 atom stereocenters. The fourth-order valence-corrected chi connectivity index (χ4v) is 0.659. The van der Waals surface area contributed by atoms with Crippen LogP contribution in [0.5, 0.6) is 0 Å². The Morgan fingerprint density at radius 1 is 1.67 bits per heavy atom. The maximum absolute atomic E-state index is 4.16. The Kier molecular flexibility index (Phi) is 1.78. The van der Waals surface area contributed by atoms with E-state index < -0.39 is 0 Å². The van der Waals surface area contributed by atoms with Gasteiger partial charge in [-0.15, -0.1) is 0 Å². The molecule has 1 aromatic heterocycles. The van der Waals surface area contributed by atoms with Gasteiger partial charge in [0.05, 0.1) is 13.2 Å². The van der Waals surface area contributed by atoms with E-state index in [1.807, 2.05) is 30.2 Å². The predicted octanol–water partition coefficient (Wildman–Crippen LogP) is 0.468. The number of rotatable bonds is 1. The first-order valence-corrected chi connectivity index (χ1v) is 3.13. The van der Waals surface area contributed by atoms with Gasteiger partial charge in [-0.25, -0.2) is 4.57 Å². The van der Waals surface area contributed by atoms with Gasteiger partial charge in [-0.05, 0) is 0 Å². The Morgan fingerprint density at radius 2 is 2.44 bits per heavy atom. The number of hydrogen-bond acceptors (Lipinski definition) is 1. The second-order valence-electron chi connectivity index (χ2n) is 2.07. The molecule has 0 spiro atoms. The molecule has 0 aliphatic carbocycles. The van der Waals surface area contributed by atoms with Crippen molar-refractivity contribution < 1.29 is 4.57 Å². The van der Waals surface area contributed by atoms with Gasteiger partial charge in [0.2, 0.25) is 0 Å². The van der Waals surface area contributed by atoms with Crippen LogP contribution < -0.4 is 4.57 Å². The first-order chi connectivity index (χ1) is 4.33. The number of aromatic nitrogens is 2. The summed E-state index contributed by atoms with van der Waals surface area (Å²) in [7, 11) is 1.96. The SMILES string of the molecule is CCc1cc[n+](C)cn1. The summed E-state index contributed by atoms with van der Waals surface area (Å²) in [4.78, 5) is 4.16. The molecule has 0 saturated carbocycles. The molecular weight excluding hydrogens is 112 g/mol. The standard InChI is InChI=1S/C7H11N2/c1-3-7-4-5-9(2)6-8-7/h4-6H,3H2,1-2H3/q+1. The first kappa shape index (κ1) is 6.20. The van der Waals surface area contributed by atoms with Gasteiger partial charge in [0.15, 0.2) is 5.69 Å². The lowest BCUT2D eigenvalue weighted by Crippen LogP contribution is -2.27. The lowest BCUT2D eigenvalue weighted by Gasteiger charge is -1.86. The fraction of sp³-hybridized carbons (Fsp3) is 0.429. The topological polar surface area (TPSA) is 16.8 Å². The third kappa shape index (κ3) is 1.49. The smallest absolute Gasteiger partial charge is 0.240 e. The summed E-state index contributed by atoms with van der Waals surface area (Å²) in [5.41, 5.74) is 1.15. The van der Waals surface area contributed by atoms with Crippen LogP contribution in [0, 0.1) is 0 Å². The Balaban J connectivity index is 2.88. The molecule has 1 rings (SSSR count). The van der Waals surface area contributed by atoms with Crippen LogP contribution in [0.1, 0.15) is 12.6 Å². The van der Waals surface area contributed by atoms with Crippen LogP contribution in [0.4, 0.5) is 0 Å². The summed E-state index contributed by atoms with van der Waals surface area (Å²) in [6.07, 6.45) is 4.84. The monoisotopic (exact) mass is 123 g/mol. The predicted molar refractivity (Wildman–Crippen MR) is 34.8 cm³/mol. The highest BCUT2D eigenvalue weighted by Gasteiger charge is 1.94. The zero-order chi connectivity index (χ0) is 6.69. The summed E-state index contributed by atoms with van der Waals surface area (Å²) in [6, 6.07) is 2.03. The van der Waals surface area contributed by atoms with Crippen LogP contribution in [0.2, 0.25) is 0 Å². The molecule has 0 aliphatic rings. The van der Waals surface area contributed by atoms with Crippen molar-refractivity contribution in [1.29, 1.82) is 0 Å². The van der Waals surface area contributed by atoms with Gasteiger partial charge < -0.3 is 0 Å².